The molecule has 0 amide bonds. The van der Waals surface area contributed by atoms with Crippen LogP contribution in [0.5, 0.6) is 0 Å². The molecule has 0 radical (unpaired) electrons. The van der Waals surface area contributed by atoms with E-state index in [0.717, 1.165) is 12.8 Å². The van der Waals surface area contributed by atoms with Gasteiger partial charge in [-0.25, -0.2) is 0 Å². The number of hydrogen-bond acceptors (Lipinski definition) is 1. The average molecular weight is 242 g/mol. The first-order chi connectivity index (χ1) is 8.72. The molecule has 0 spiro atoms. The molecule has 0 bridgehead atoms. The lowest BCUT2D eigenvalue weighted by molar-refractivity contribution is -0.111. The number of ketones is 1. The van der Waals surface area contributed by atoms with Crippen LogP contribution in [-0.4, -0.2) is 5.78 Å². The van der Waals surface area contributed by atoms with E-state index in [1.807, 2.05) is 6.07 Å². The van der Waals surface area contributed by atoms with Gasteiger partial charge in [0.1, 0.15) is 0 Å². The van der Waals surface area contributed by atoms with E-state index in [1.54, 1.807) is 0 Å². The summed E-state index contributed by atoms with van der Waals surface area (Å²) >= 11 is 0. The van der Waals surface area contributed by atoms with Gasteiger partial charge in [-0.05, 0) is 30.2 Å². The molecule has 0 aliphatic heterocycles. The SMILES string of the molecule is CCCCC(CC#CC(C)=O)Cc1ccccc1. The van der Waals surface area contributed by atoms with E-state index in [1.165, 1.54) is 31.7 Å². The van der Waals surface area contributed by atoms with Crippen LogP contribution in [0.3, 0.4) is 0 Å². The van der Waals surface area contributed by atoms with Gasteiger partial charge in [0.25, 0.3) is 0 Å². The van der Waals surface area contributed by atoms with Crippen molar-refractivity contribution >= 4 is 5.78 Å². The highest BCUT2D eigenvalue weighted by molar-refractivity contribution is 5.93. The molecule has 1 aromatic carbocycles. The monoisotopic (exact) mass is 242 g/mol. The third-order valence-electron chi connectivity index (χ3n) is 2.99. The average Bonchev–Trinajstić information content (AvgIpc) is 2.36. The summed E-state index contributed by atoms with van der Waals surface area (Å²) in [6.07, 6.45) is 5.53. The number of unbranched alkanes of at least 4 members (excludes halogenated alkanes) is 1. The summed E-state index contributed by atoms with van der Waals surface area (Å²) in [5.41, 5.74) is 1.36. The molecule has 0 N–H and O–H groups in total. The van der Waals surface area contributed by atoms with Crippen molar-refractivity contribution in [3.63, 3.8) is 0 Å². The molecule has 1 aromatic rings. The van der Waals surface area contributed by atoms with Crippen LogP contribution in [0, 0.1) is 17.8 Å². The van der Waals surface area contributed by atoms with Crippen LogP contribution in [0.1, 0.15) is 45.1 Å². The molecule has 1 rings (SSSR count). The molecule has 96 valence electrons. The van der Waals surface area contributed by atoms with E-state index in [-0.39, 0.29) is 5.78 Å². The van der Waals surface area contributed by atoms with Gasteiger partial charge >= 0.3 is 0 Å². The molecule has 0 saturated heterocycles. The quantitative estimate of drug-likeness (QED) is 0.544. The number of hydrogen-bond donors (Lipinski definition) is 0. The fraction of sp³-hybridized carbons (Fsp3) is 0.471. The summed E-state index contributed by atoms with van der Waals surface area (Å²) in [6, 6.07) is 10.5. The van der Waals surface area contributed by atoms with E-state index >= 15 is 0 Å². The molecule has 0 aromatic heterocycles. The number of rotatable bonds is 6. The lowest BCUT2D eigenvalue weighted by atomic mass is 9.91. The standard InChI is InChI=1S/C17H22O/c1-3-4-10-16(13-8-9-15(2)18)14-17-11-6-5-7-12-17/h5-7,11-12,16H,3-4,10,13-14H2,1-2H3. The number of Topliss-reactive ketones (excluding diaryl/α,β-unsaturated/α-hetero) is 1. The molecule has 1 atom stereocenters. The van der Waals surface area contributed by atoms with Gasteiger partial charge in [0, 0.05) is 13.3 Å². The Kier molecular flexibility index (Phi) is 6.87. The summed E-state index contributed by atoms with van der Waals surface area (Å²) < 4.78 is 0. The Morgan fingerprint density at radius 3 is 2.61 bits per heavy atom. The minimum Gasteiger partial charge on any atom is -0.285 e. The Hall–Kier alpha value is -1.55. The minimum absolute atomic E-state index is 0.0380. The largest absolute Gasteiger partial charge is 0.285 e. The van der Waals surface area contributed by atoms with Crippen molar-refractivity contribution in [3.8, 4) is 11.8 Å². The topological polar surface area (TPSA) is 17.1 Å². The Balaban J connectivity index is 2.56. The molecule has 0 aliphatic carbocycles. The first-order valence-corrected chi connectivity index (χ1v) is 6.75. The van der Waals surface area contributed by atoms with Gasteiger partial charge < -0.3 is 0 Å². The Bertz CT molecular complexity index is 408. The third-order valence-corrected chi connectivity index (χ3v) is 2.99. The van der Waals surface area contributed by atoms with Crippen molar-refractivity contribution < 1.29 is 4.79 Å². The zero-order valence-corrected chi connectivity index (χ0v) is 11.4. The van der Waals surface area contributed by atoms with E-state index in [0.29, 0.717) is 5.92 Å². The van der Waals surface area contributed by atoms with Gasteiger partial charge in [0.2, 0.25) is 5.78 Å². The molecule has 0 fully saturated rings. The molecule has 0 heterocycles. The summed E-state index contributed by atoms with van der Waals surface area (Å²) in [6.45, 7) is 3.73. The summed E-state index contributed by atoms with van der Waals surface area (Å²) in [7, 11) is 0. The second kappa shape index (κ2) is 8.53. The number of carbonyl (C=O) groups excluding carboxylic acids is 1. The molecule has 18 heavy (non-hydrogen) atoms. The second-order valence-electron chi connectivity index (χ2n) is 4.76. The molecule has 1 nitrogen and oxygen atoms in total. The second-order valence-corrected chi connectivity index (χ2v) is 4.76. The van der Waals surface area contributed by atoms with Crippen LogP contribution in [0.25, 0.3) is 0 Å². The van der Waals surface area contributed by atoms with Gasteiger partial charge in [-0.15, -0.1) is 0 Å². The highest BCUT2D eigenvalue weighted by Gasteiger charge is 2.07. The molecule has 0 aliphatic rings. The van der Waals surface area contributed by atoms with Crippen molar-refractivity contribution in [3.05, 3.63) is 35.9 Å². The third kappa shape index (κ3) is 6.25. The number of benzene rings is 1. The molecular formula is C17H22O. The Morgan fingerprint density at radius 2 is 2.00 bits per heavy atom. The van der Waals surface area contributed by atoms with Crippen LogP contribution < -0.4 is 0 Å². The minimum atomic E-state index is -0.0380. The summed E-state index contributed by atoms with van der Waals surface area (Å²) in [4.78, 5) is 10.8. The van der Waals surface area contributed by atoms with Gasteiger partial charge in [-0.2, -0.15) is 0 Å². The summed E-state index contributed by atoms with van der Waals surface area (Å²) in [5.74, 6) is 6.19. The maximum atomic E-state index is 10.8. The molecular weight excluding hydrogens is 220 g/mol. The van der Waals surface area contributed by atoms with Gasteiger partial charge in [-0.3, -0.25) is 4.79 Å². The molecule has 0 saturated carbocycles. The lowest BCUT2D eigenvalue weighted by Crippen LogP contribution is -2.04. The van der Waals surface area contributed by atoms with E-state index < -0.39 is 0 Å². The first-order valence-electron chi connectivity index (χ1n) is 6.75. The zero-order chi connectivity index (χ0) is 13.2. The van der Waals surface area contributed by atoms with Gasteiger partial charge in [0.05, 0.1) is 0 Å². The highest BCUT2D eigenvalue weighted by atomic mass is 16.1. The van der Waals surface area contributed by atoms with Crippen molar-refractivity contribution in [1.29, 1.82) is 0 Å². The zero-order valence-electron chi connectivity index (χ0n) is 11.4. The van der Waals surface area contributed by atoms with Gasteiger partial charge in [-0.1, -0.05) is 56.0 Å². The lowest BCUT2D eigenvalue weighted by Gasteiger charge is -2.13. The number of carbonyl (C=O) groups is 1. The maximum absolute atomic E-state index is 10.8. The van der Waals surface area contributed by atoms with E-state index in [4.69, 9.17) is 0 Å². The van der Waals surface area contributed by atoms with Crippen LogP contribution in [0.2, 0.25) is 0 Å². The maximum Gasteiger partial charge on any atom is 0.202 e. The van der Waals surface area contributed by atoms with Crippen molar-refractivity contribution in [1.82, 2.24) is 0 Å². The molecule has 1 unspecified atom stereocenters. The van der Waals surface area contributed by atoms with Crippen molar-refractivity contribution in [2.24, 2.45) is 5.92 Å². The highest BCUT2D eigenvalue weighted by Crippen LogP contribution is 2.18. The normalized spacial score (nSPS) is 11.4. The predicted octanol–water partition coefficient (Wildman–Crippen LogP) is 4.02. The van der Waals surface area contributed by atoms with Gasteiger partial charge in [0.15, 0.2) is 0 Å². The van der Waals surface area contributed by atoms with Crippen LogP contribution in [0.15, 0.2) is 30.3 Å². The Morgan fingerprint density at radius 1 is 1.28 bits per heavy atom. The molecule has 1 heteroatoms. The van der Waals surface area contributed by atoms with Crippen LogP contribution >= 0.6 is 0 Å². The van der Waals surface area contributed by atoms with Crippen molar-refractivity contribution in [2.75, 3.05) is 0 Å². The van der Waals surface area contributed by atoms with Crippen LogP contribution in [-0.2, 0) is 11.2 Å². The van der Waals surface area contributed by atoms with Crippen molar-refractivity contribution in [2.45, 2.75) is 46.0 Å². The van der Waals surface area contributed by atoms with Crippen LogP contribution in [0.4, 0.5) is 0 Å². The van der Waals surface area contributed by atoms with E-state index in [9.17, 15) is 4.79 Å². The van der Waals surface area contributed by atoms with E-state index in [2.05, 4.69) is 43.0 Å². The fourth-order valence-electron chi connectivity index (χ4n) is 2.04. The predicted molar refractivity (Wildman–Crippen MR) is 76.2 cm³/mol. The smallest absolute Gasteiger partial charge is 0.202 e. The Labute approximate surface area is 111 Å². The fourth-order valence-corrected chi connectivity index (χ4v) is 2.04. The summed E-state index contributed by atoms with van der Waals surface area (Å²) in [5, 5.41) is 0. The first kappa shape index (κ1) is 14.5.